The summed E-state index contributed by atoms with van der Waals surface area (Å²) in [5, 5.41) is 0. The third kappa shape index (κ3) is 2.83. The summed E-state index contributed by atoms with van der Waals surface area (Å²) in [5.41, 5.74) is 5.07. The van der Waals surface area contributed by atoms with Crippen molar-refractivity contribution in [2.75, 3.05) is 12.0 Å². The third-order valence-electron chi connectivity index (χ3n) is 7.16. The fraction of sp³-hybridized carbons (Fsp3) is 0.172. The highest BCUT2D eigenvalue weighted by atomic mass is 16.5. The van der Waals surface area contributed by atoms with Crippen LogP contribution in [0.5, 0.6) is 5.75 Å². The number of carbonyl (C=O) groups excluding carboxylic acids is 2. The molecular weight excluding hydrogens is 410 g/mol. The molecule has 1 aliphatic heterocycles. The Kier molecular flexibility index (Phi) is 4.54. The van der Waals surface area contributed by atoms with Gasteiger partial charge in [-0.2, -0.15) is 0 Å². The molecule has 33 heavy (non-hydrogen) atoms. The van der Waals surface area contributed by atoms with Gasteiger partial charge in [-0.3, -0.25) is 9.59 Å². The number of allylic oxidation sites excluding steroid dienone is 3. The summed E-state index contributed by atoms with van der Waals surface area (Å²) >= 11 is 0. The Morgan fingerprint density at radius 1 is 0.697 bits per heavy atom. The van der Waals surface area contributed by atoms with Gasteiger partial charge in [-0.05, 0) is 34.4 Å². The van der Waals surface area contributed by atoms with Gasteiger partial charge < -0.3 is 4.74 Å². The third-order valence-corrected chi connectivity index (χ3v) is 7.16. The number of imide groups is 1. The van der Waals surface area contributed by atoms with E-state index in [1.807, 2.05) is 48.5 Å². The molecule has 2 amide bonds. The van der Waals surface area contributed by atoms with Crippen LogP contribution in [0.2, 0.25) is 0 Å². The van der Waals surface area contributed by atoms with E-state index in [9.17, 15) is 9.59 Å². The zero-order chi connectivity index (χ0) is 22.5. The smallest absolute Gasteiger partial charge is 0.238 e. The molecule has 6 rings (SSSR count). The monoisotopic (exact) mass is 433 g/mol. The van der Waals surface area contributed by atoms with Crippen molar-refractivity contribution >= 4 is 23.1 Å². The van der Waals surface area contributed by atoms with E-state index >= 15 is 0 Å². The Balaban J connectivity index is 1.49. The number of nitrogens with zero attached hydrogens (tertiary/aromatic N) is 1. The zero-order valence-electron chi connectivity index (χ0n) is 18.2. The topological polar surface area (TPSA) is 46.6 Å². The highest BCUT2D eigenvalue weighted by molar-refractivity contribution is 6.24. The van der Waals surface area contributed by atoms with E-state index in [0.29, 0.717) is 11.4 Å². The Hall–Kier alpha value is -3.92. The lowest BCUT2D eigenvalue weighted by Gasteiger charge is -2.22. The fourth-order valence-electron chi connectivity index (χ4n) is 5.86. The van der Waals surface area contributed by atoms with Crippen molar-refractivity contribution in [3.63, 3.8) is 0 Å². The molecule has 3 aromatic carbocycles. The maximum atomic E-state index is 13.7. The number of rotatable bonds is 4. The molecule has 0 unspecified atom stereocenters. The number of anilines is 1. The maximum Gasteiger partial charge on any atom is 0.238 e. The van der Waals surface area contributed by atoms with Gasteiger partial charge in [0.1, 0.15) is 5.75 Å². The molecule has 3 aromatic rings. The number of fused-ring (bicyclic) bond motifs is 5. The SMILES string of the molecule is COc1ccccc1N1C(=O)[C@@H]2[C@H](C1=O)[C@@H]1C=C[C@H]2C1=C(c1ccccc1)c1ccccc1. The second-order valence-corrected chi connectivity index (χ2v) is 8.73. The van der Waals surface area contributed by atoms with E-state index < -0.39 is 0 Å². The van der Waals surface area contributed by atoms with Crippen molar-refractivity contribution in [3.05, 3.63) is 114 Å². The number of hydrogen-bond donors (Lipinski definition) is 0. The highest BCUT2D eigenvalue weighted by Crippen LogP contribution is 2.59. The largest absolute Gasteiger partial charge is 0.495 e. The molecule has 162 valence electrons. The second kappa shape index (κ2) is 7.59. The van der Waals surface area contributed by atoms with E-state index in [1.54, 1.807) is 19.2 Å². The van der Waals surface area contributed by atoms with E-state index in [2.05, 4.69) is 36.4 Å². The molecule has 1 saturated heterocycles. The minimum atomic E-state index is -0.380. The van der Waals surface area contributed by atoms with Crippen molar-refractivity contribution in [2.45, 2.75) is 0 Å². The van der Waals surface area contributed by atoms with Gasteiger partial charge in [0, 0.05) is 11.8 Å². The van der Waals surface area contributed by atoms with E-state index in [-0.39, 0.29) is 35.5 Å². The zero-order valence-corrected chi connectivity index (χ0v) is 18.2. The number of methoxy groups -OCH3 is 1. The molecule has 0 aromatic heterocycles. The minimum Gasteiger partial charge on any atom is -0.495 e. The summed E-state index contributed by atoms with van der Waals surface area (Å²) in [6.45, 7) is 0. The van der Waals surface area contributed by atoms with Crippen molar-refractivity contribution in [2.24, 2.45) is 23.7 Å². The molecule has 2 bridgehead atoms. The molecule has 0 N–H and O–H groups in total. The predicted octanol–water partition coefficient (Wildman–Crippen LogP) is 5.12. The maximum absolute atomic E-state index is 13.7. The lowest BCUT2D eigenvalue weighted by atomic mass is 9.85. The standard InChI is InChI=1S/C29H23NO3/c1-33-23-15-9-8-14-22(23)30-28(31)26-20-16-17-21(27(26)29(30)32)25(20)24(18-10-4-2-5-11-18)19-12-6-3-7-13-19/h2-17,20-21,26-27H,1H3/t20-,21+,26-,27+. The van der Waals surface area contributed by atoms with Crippen LogP contribution in [0.3, 0.4) is 0 Å². The van der Waals surface area contributed by atoms with E-state index in [0.717, 1.165) is 16.7 Å². The van der Waals surface area contributed by atoms with Crippen LogP contribution in [0.1, 0.15) is 11.1 Å². The summed E-state index contributed by atoms with van der Waals surface area (Å²) in [4.78, 5) is 28.7. The fourth-order valence-corrected chi connectivity index (χ4v) is 5.86. The molecule has 2 aliphatic carbocycles. The number of ether oxygens (including phenoxy) is 1. The Labute approximate surface area is 192 Å². The number of hydrogen-bond acceptors (Lipinski definition) is 3. The molecule has 2 fully saturated rings. The Bertz CT molecular complexity index is 1230. The molecule has 4 nitrogen and oxygen atoms in total. The first-order valence-corrected chi connectivity index (χ1v) is 11.2. The predicted molar refractivity (Wildman–Crippen MR) is 127 cm³/mol. The van der Waals surface area contributed by atoms with Crippen LogP contribution in [0.4, 0.5) is 5.69 Å². The summed E-state index contributed by atoms with van der Waals surface area (Å²) in [5.74, 6) is -0.680. The van der Waals surface area contributed by atoms with Crippen molar-refractivity contribution in [1.29, 1.82) is 0 Å². The van der Waals surface area contributed by atoms with Gasteiger partial charge in [-0.25, -0.2) is 4.90 Å². The van der Waals surface area contributed by atoms with Crippen LogP contribution in [0.15, 0.2) is 103 Å². The van der Waals surface area contributed by atoms with Crippen LogP contribution in [-0.2, 0) is 9.59 Å². The molecule has 0 spiro atoms. The van der Waals surface area contributed by atoms with Crippen molar-refractivity contribution in [3.8, 4) is 5.75 Å². The number of carbonyl (C=O) groups is 2. The van der Waals surface area contributed by atoms with E-state index in [1.165, 1.54) is 10.5 Å². The quantitative estimate of drug-likeness (QED) is 0.424. The Morgan fingerprint density at radius 3 is 1.70 bits per heavy atom. The van der Waals surface area contributed by atoms with Gasteiger partial charge in [0.05, 0.1) is 24.6 Å². The van der Waals surface area contributed by atoms with Crippen LogP contribution < -0.4 is 9.64 Å². The van der Waals surface area contributed by atoms with Crippen LogP contribution >= 0.6 is 0 Å². The molecule has 4 atom stereocenters. The van der Waals surface area contributed by atoms with Crippen LogP contribution in [0.25, 0.3) is 5.57 Å². The average molecular weight is 434 g/mol. The summed E-state index contributed by atoms with van der Waals surface area (Å²) < 4.78 is 5.45. The van der Waals surface area contributed by atoms with Gasteiger partial charge in [0.25, 0.3) is 0 Å². The number of amides is 2. The molecule has 3 aliphatic rings. The summed E-state index contributed by atoms with van der Waals surface area (Å²) in [7, 11) is 1.56. The second-order valence-electron chi connectivity index (χ2n) is 8.73. The van der Waals surface area contributed by atoms with Gasteiger partial charge >= 0.3 is 0 Å². The molecular formula is C29H23NO3. The molecule has 1 saturated carbocycles. The number of para-hydroxylation sites is 2. The van der Waals surface area contributed by atoms with Gasteiger partial charge in [0.15, 0.2) is 0 Å². The van der Waals surface area contributed by atoms with Gasteiger partial charge in [0.2, 0.25) is 11.8 Å². The van der Waals surface area contributed by atoms with Crippen molar-refractivity contribution in [1.82, 2.24) is 0 Å². The molecule has 4 heteroatoms. The molecule has 1 heterocycles. The first-order valence-electron chi connectivity index (χ1n) is 11.2. The van der Waals surface area contributed by atoms with Crippen LogP contribution in [0, 0.1) is 23.7 Å². The van der Waals surface area contributed by atoms with Gasteiger partial charge in [-0.1, -0.05) is 84.9 Å². The Morgan fingerprint density at radius 2 is 1.18 bits per heavy atom. The first-order chi connectivity index (χ1) is 16.2. The lowest BCUT2D eigenvalue weighted by Crippen LogP contribution is -2.33. The van der Waals surface area contributed by atoms with Gasteiger partial charge in [-0.15, -0.1) is 0 Å². The number of benzene rings is 3. The van der Waals surface area contributed by atoms with E-state index in [4.69, 9.17) is 4.74 Å². The van der Waals surface area contributed by atoms with Crippen LogP contribution in [-0.4, -0.2) is 18.9 Å². The summed E-state index contributed by atoms with van der Waals surface area (Å²) in [6.07, 6.45) is 4.26. The summed E-state index contributed by atoms with van der Waals surface area (Å²) in [6, 6.07) is 27.8. The lowest BCUT2D eigenvalue weighted by molar-refractivity contribution is -0.123. The first kappa shape index (κ1) is 19.7. The normalized spacial score (nSPS) is 25.0. The minimum absolute atomic E-state index is 0.0911. The average Bonchev–Trinajstić information content (AvgIpc) is 3.50. The molecule has 0 radical (unpaired) electrons. The highest BCUT2D eigenvalue weighted by Gasteiger charge is 2.62. The van der Waals surface area contributed by atoms with Crippen molar-refractivity contribution < 1.29 is 14.3 Å².